The van der Waals surface area contributed by atoms with Gasteiger partial charge in [0.05, 0.1) is 5.92 Å². The second-order valence-corrected chi connectivity index (χ2v) is 9.68. The smallest absolute Gasteiger partial charge is 0.253 e. The van der Waals surface area contributed by atoms with Crippen molar-refractivity contribution < 1.29 is 9.59 Å². The van der Waals surface area contributed by atoms with Crippen LogP contribution in [-0.4, -0.2) is 73.5 Å². The molecule has 3 saturated heterocycles. The lowest BCUT2D eigenvalue weighted by atomic mass is 9.75. The van der Waals surface area contributed by atoms with Crippen LogP contribution in [0.5, 0.6) is 0 Å². The van der Waals surface area contributed by atoms with Crippen LogP contribution in [0.1, 0.15) is 49.9 Å². The van der Waals surface area contributed by atoms with E-state index in [0.29, 0.717) is 25.0 Å². The Hall–Kier alpha value is -2.08. The molecule has 0 saturated carbocycles. The molecule has 1 aromatic rings. The van der Waals surface area contributed by atoms with Crippen molar-refractivity contribution in [2.75, 3.05) is 45.2 Å². The Morgan fingerprint density at radius 1 is 1.20 bits per heavy atom. The monoisotopic (exact) mass is 412 g/mol. The van der Waals surface area contributed by atoms with E-state index >= 15 is 0 Å². The van der Waals surface area contributed by atoms with Crippen LogP contribution in [0.25, 0.3) is 0 Å². The lowest BCUT2D eigenvalue weighted by Gasteiger charge is -2.43. The summed E-state index contributed by atoms with van der Waals surface area (Å²) < 4.78 is 0. The summed E-state index contributed by atoms with van der Waals surface area (Å²) in [6.45, 7) is 7.83. The summed E-state index contributed by atoms with van der Waals surface area (Å²) in [4.78, 5) is 32.3. The van der Waals surface area contributed by atoms with Crippen molar-refractivity contribution >= 4 is 17.5 Å². The lowest BCUT2D eigenvalue weighted by molar-refractivity contribution is -0.123. The zero-order valence-electron chi connectivity index (χ0n) is 18.9. The molecule has 0 radical (unpaired) electrons. The molecule has 0 unspecified atom stereocenters. The summed E-state index contributed by atoms with van der Waals surface area (Å²) in [5.74, 6) is 0.817. The molecule has 3 heterocycles. The number of rotatable bonds is 5. The normalized spacial score (nSPS) is 26.5. The van der Waals surface area contributed by atoms with Crippen molar-refractivity contribution in [2.45, 2.75) is 51.1 Å². The third kappa shape index (κ3) is 3.70. The van der Waals surface area contributed by atoms with Crippen LogP contribution in [0.3, 0.4) is 0 Å². The summed E-state index contributed by atoms with van der Waals surface area (Å²) >= 11 is 0. The standard InChI is InChI=1S/C24H36N4O2/c1-5-6-17(2)28-15-20-21(16-28)24(25-22(20)29)11-13-27(14-12-24)23(30)18-7-9-19(10-8-18)26(3)4/h7-10,17,20-21H,5-6,11-16H2,1-4H3,(H,25,29)/t17-,20-,21+/m1/s1. The molecule has 3 aliphatic rings. The van der Waals surface area contributed by atoms with Gasteiger partial charge in [0.2, 0.25) is 5.91 Å². The number of nitrogens with zero attached hydrogens (tertiary/aromatic N) is 3. The fraction of sp³-hybridized carbons (Fsp3) is 0.667. The van der Waals surface area contributed by atoms with E-state index in [9.17, 15) is 9.59 Å². The van der Waals surface area contributed by atoms with Crippen LogP contribution < -0.4 is 10.2 Å². The van der Waals surface area contributed by atoms with Gasteiger partial charge in [0, 0.05) is 69.0 Å². The van der Waals surface area contributed by atoms with Crippen LogP contribution in [0.15, 0.2) is 24.3 Å². The molecule has 3 fully saturated rings. The van der Waals surface area contributed by atoms with Gasteiger partial charge in [-0.2, -0.15) is 0 Å². The van der Waals surface area contributed by atoms with Crippen molar-refractivity contribution in [3.8, 4) is 0 Å². The highest BCUT2D eigenvalue weighted by Crippen LogP contribution is 2.44. The van der Waals surface area contributed by atoms with E-state index in [0.717, 1.165) is 37.2 Å². The van der Waals surface area contributed by atoms with Gasteiger partial charge in [0.1, 0.15) is 0 Å². The molecule has 2 amide bonds. The molecule has 1 N–H and O–H groups in total. The van der Waals surface area contributed by atoms with E-state index in [2.05, 4.69) is 24.1 Å². The van der Waals surface area contributed by atoms with Crippen molar-refractivity contribution in [2.24, 2.45) is 11.8 Å². The quantitative estimate of drug-likeness (QED) is 0.808. The van der Waals surface area contributed by atoms with Crippen LogP contribution in [-0.2, 0) is 4.79 Å². The maximum Gasteiger partial charge on any atom is 0.253 e. The van der Waals surface area contributed by atoms with Gasteiger partial charge in [-0.1, -0.05) is 13.3 Å². The summed E-state index contributed by atoms with van der Waals surface area (Å²) in [7, 11) is 3.99. The van der Waals surface area contributed by atoms with Gasteiger partial charge in [-0.05, 0) is 50.5 Å². The van der Waals surface area contributed by atoms with Crippen LogP contribution in [0, 0.1) is 11.8 Å². The summed E-state index contributed by atoms with van der Waals surface area (Å²) in [6.07, 6.45) is 4.08. The number of benzene rings is 1. The zero-order chi connectivity index (χ0) is 21.5. The van der Waals surface area contributed by atoms with Gasteiger partial charge in [-0.3, -0.25) is 14.5 Å². The minimum absolute atomic E-state index is 0.0978. The van der Waals surface area contributed by atoms with E-state index in [-0.39, 0.29) is 23.3 Å². The minimum atomic E-state index is -0.131. The Morgan fingerprint density at radius 3 is 2.47 bits per heavy atom. The maximum absolute atomic E-state index is 13.0. The molecule has 1 spiro atoms. The molecule has 3 atom stereocenters. The van der Waals surface area contributed by atoms with Crippen LogP contribution in [0.2, 0.25) is 0 Å². The van der Waals surface area contributed by atoms with Gasteiger partial charge in [-0.25, -0.2) is 0 Å². The van der Waals surface area contributed by atoms with Gasteiger partial charge >= 0.3 is 0 Å². The SMILES string of the molecule is CCC[C@@H](C)N1C[C@H]2C(=O)NC3(CCN(C(=O)c4ccc(N(C)C)cc4)CC3)[C@H]2C1. The van der Waals surface area contributed by atoms with Crippen molar-refractivity contribution in [1.29, 1.82) is 0 Å². The fourth-order valence-electron chi connectivity index (χ4n) is 5.74. The average Bonchev–Trinajstić information content (AvgIpc) is 3.29. The number of piperidine rings is 1. The fourth-order valence-corrected chi connectivity index (χ4v) is 5.74. The molecule has 6 heteroatoms. The third-order valence-electron chi connectivity index (χ3n) is 7.67. The van der Waals surface area contributed by atoms with E-state index in [1.54, 1.807) is 0 Å². The number of fused-ring (bicyclic) bond motifs is 2. The topological polar surface area (TPSA) is 55.9 Å². The molecule has 0 aliphatic carbocycles. The molecule has 0 aromatic heterocycles. The number of carbonyl (C=O) groups excluding carboxylic acids is 2. The number of amides is 2. The molecule has 30 heavy (non-hydrogen) atoms. The van der Waals surface area contributed by atoms with Crippen LogP contribution >= 0.6 is 0 Å². The highest BCUT2D eigenvalue weighted by Gasteiger charge is 2.57. The van der Waals surface area contributed by atoms with Gasteiger partial charge in [0.25, 0.3) is 5.91 Å². The summed E-state index contributed by atoms with van der Waals surface area (Å²) in [6, 6.07) is 8.35. The maximum atomic E-state index is 13.0. The summed E-state index contributed by atoms with van der Waals surface area (Å²) in [5.41, 5.74) is 1.70. The zero-order valence-corrected chi connectivity index (χ0v) is 18.9. The van der Waals surface area contributed by atoms with Crippen molar-refractivity contribution in [3.63, 3.8) is 0 Å². The molecule has 1 aromatic carbocycles. The lowest BCUT2D eigenvalue weighted by Crippen LogP contribution is -2.56. The predicted molar refractivity (Wildman–Crippen MR) is 120 cm³/mol. The Balaban J connectivity index is 1.41. The van der Waals surface area contributed by atoms with E-state index < -0.39 is 0 Å². The van der Waals surface area contributed by atoms with Crippen molar-refractivity contribution in [3.05, 3.63) is 29.8 Å². The third-order valence-corrected chi connectivity index (χ3v) is 7.67. The predicted octanol–water partition coefficient (Wildman–Crippen LogP) is 2.59. The number of carbonyl (C=O) groups is 2. The van der Waals surface area contributed by atoms with E-state index in [1.165, 1.54) is 12.8 Å². The minimum Gasteiger partial charge on any atom is -0.378 e. The first-order chi connectivity index (χ1) is 14.3. The highest BCUT2D eigenvalue weighted by atomic mass is 16.2. The first kappa shape index (κ1) is 21.2. The largest absolute Gasteiger partial charge is 0.378 e. The van der Waals surface area contributed by atoms with E-state index in [4.69, 9.17) is 0 Å². The first-order valence-corrected chi connectivity index (χ1v) is 11.5. The molecular formula is C24H36N4O2. The van der Waals surface area contributed by atoms with E-state index in [1.807, 2.05) is 48.2 Å². The first-order valence-electron chi connectivity index (χ1n) is 11.5. The van der Waals surface area contributed by atoms with Gasteiger partial charge in [0.15, 0.2) is 0 Å². The number of nitrogens with one attached hydrogen (secondary N) is 1. The second-order valence-electron chi connectivity index (χ2n) is 9.68. The number of anilines is 1. The van der Waals surface area contributed by atoms with Crippen LogP contribution in [0.4, 0.5) is 5.69 Å². The van der Waals surface area contributed by atoms with Crippen molar-refractivity contribution in [1.82, 2.24) is 15.1 Å². The van der Waals surface area contributed by atoms with Gasteiger partial charge in [-0.15, -0.1) is 0 Å². The molecule has 6 nitrogen and oxygen atoms in total. The Bertz CT molecular complexity index is 783. The number of hydrogen-bond acceptors (Lipinski definition) is 4. The molecule has 4 rings (SSSR count). The number of hydrogen-bond donors (Lipinski definition) is 1. The Labute approximate surface area is 180 Å². The second kappa shape index (κ2) is 8.22. The molecule has 164 valence electrons. The number of likely N-dealkylation sites (tertiary alicyclic amines) is 2. The van der Waals surface area contributed by atoms with Gasteiger partial charge < -0.3 is 15.1 Å². The molecular weight excluding hydrogens is 376 g/mol. The molecule has 3 aliphatic heterocycles. The Kier molecular flexibility index (Phi) is 5.80. The molecule has 0 bridgehead atoms. The average molecular weight is 413 g/mol. The Morgan fingerprint density at radius 2 is 1.87 bits per heavy atom. The summed E-state index contributed by atoms with van der Waals surface area (Å²) in [5, 5.41) is 3.37. The highest BCUT2D eigenvalue weighted by molar-refractivity contribution is 5.94.